The highest BCUT2D eigenvalue weighted by molar-refractivity contribution is 14.1. The molecule has 0 spiro atoms. The molecule has 88 valence electrons. The zero-order valence-corrected chi connectivity index (χ0v) is 12.0. The van der Waals surface area contributed by atoms with Crippen LogP contribution in [0, 0.1) is 10.5 Å². The molecular formula is C12H15IO3. The maximum atomic E-state index is 11.5. The Balaban J connectivity index is 2.78. The summed E-state index contributed by atoms with van der Waals surface area (Å²) in [6.45, 7) is 7.30. The zero-order valence-electron chi connectivity index (χ0n) is 9.83. The van der Waals surface area contributed by atoms with Crippen LogP contribution in [0.15, 0.2) is 18.2 Å². The van der Waals surface area contributed by atoms with Crippen LogP contribution in [-0.4, -0.2) is 11.8 Å². The Labute approximate surface area is 109 Å². The van der Waals surface area contributed by atoms with E-state index in [0.29, 0.717) is 5.75 Å². The fourth-order valence-electron chi connectivity index (χ4n) is 1.10. The predicted octanol–water partition coefficient (Wildman–Crippen LogP) is 3.91. The van der Waals surface area contributed by atoms with Crippen molar-refractivity contribution in [2.24, 2.45) is 0 Å². The Morgan fingerprint density at radius 1 is 1.31 bits per heavy atom. The summed E-state index contributed by atoms with van der Waals surface area (Å²) in [5, 5.41) is 0. The molecule has 0 unspecified atom stereocenters. The van der Waals surface area contributed by atoms with Gasteiger partial charge in [-0.3, -0.25) is 0 Å². The SMILES string of the molecule is Cc1cccc(I)c1OC(=O)OC(C)(C)C. The van der Waals surface area contributed by atoms with Gasteiger partial charge in [0.2, 0.25) is 0 Å². The first kappa shape index (κ1) is 13.3. The quantitative estimate of drug-likeness (QED) is 0.444. The van der Waals surface area contributed by atoms with Gasteiger partial charge < -0.3 is 9.47 Å². The van der Waals surface area contributed by atoms with E-state index in [2.05, 4.69) is 22.6 Å². The number of benzene rings is 1. The third-order valence-corrected chi connectivity index (χ3v) is 2.59. The van der Waals surface area contributed by atoms with E-state index < -0.39 is 11.8 Å². The number of halogens is 1. The van der Waals surface area contributed by atoms with E-state index in [4.69, 9.17) is 9.47 Å². The molecule has 0 amide bonds. The summed E-state index contributed by atoms with van der Waals surface area (Å²) in [4.78, 5) is 11.5. The molecule has 1 rings (SSSR count). The van der Waals surface area contributed by atoms with E-state index in [-0.39, 0.29) is 0 Å². The maximum absolute atomic E-state index is 11.5. The summed E-state index contributed by atoms with van der Waals surface area (Å²) in [5.74, 6) is 0.567. The highest BCUT2D eigenvalue weighted by Crippen LogP contribution is 2.25. The molecule has 0 saturated carbocycles. The number of carbonyl (C=O) groups is 1. The Morgan fingerprint density at radius 2 is 1.94 bits per heavy atom. The average Bonchev–Trinajstić information content (AvgIpc) is 2.08. The molecule has 0 radical (unpaired) electrons. The maximum Gasteiger partial charge on any atom is 0.514 e. The molecule has 1 aromatic rings. The van der Waals surface area contributed by atoms with Gasteiger partial charge in [-0.1, -0.05) is 12.1 Å². The topological polar surface area (TPSA) is 35.5 Å². The van der Waals surface area contributed by atoms with Crippen molar-refractivity contribution < 1.29 is 14.3 Å². The lowest BCUT2D eigenvalue weighted by Crippen LogP contribution is -2.26. The fraction of sp³-hybridized carbons (Fsp3) is 0.417. The molecule has 16 heavy (non-hydrogen) atoms. The molecular weight excluding hydrogens is 319 g/mol. The van der Waals surface area contributed by atoms with Gasteiger partial charge in [0, 0.05) is 0 Å². The lowest BCUT2D eigenvalue weighted by Gasteiger charge is -2.19. The number of aryl methyl sites for hydroxylation is 1. The van der Waals surface area contributed by atoms with Crippen LogP contribution in [0.3, 0.4) is 0 Å². The molecule has 0 fully saturated rings. The van der Waals surface area contributed by atoms with Crippen LogP contribution in [0.5, 0.6) is 5.75 Å². The number of hydrogen-bond acceptors (Lipinski definition) is 3. The van der Waals surface area contributed by atoms with Crippen molar-refractivity contribution in [1.29, 1.82) is 0 Å². The first-order chi connectivity index (χ1) is 7.29. The van der Waals surface area contributed by atoms with E-state index in [0.717, 1.165) is 9.13 Å². The predicted molar refractivity (Wildman–Crippen MR) is 70.8 cm³/mol. The van der Waals surface area contributed by atoms with Crippen molar-refractivity contribution in [2.45, 2.75) is 33.3 Å². The number of ether oxygens (including phenoxy) is 2. The highest BCUT2D eigenvalue weighted by atomic mass is 127. The van der Waals surface area contributed by atoms with Gasteiger partial charge in [-0.05, 0) is 61.9 Å². The highest BCUT2D eigenvalue weighted by Gasteiger charge is 2.19. The van der Waals surface area contributed by atoms with Gasteiger partial charge in [0.15, 0.2) is 5.75 Å². The van der Waals surface area contributed by atoms with E-state index in [1.807, 2.05) is 25.1 Å². The minimum Gasteiger partial charge on any atom is -0.428 e. The minimum atomic E-state index is -0.667. The normalized spacial score (nSPS) is 11.1. The number of carbonyl (C=O) groups excluding carboxylic acids is 1. The molecule has 0 N–H and O–H groups in total. The minimum absolute atomic E-state index is 0.537. The molecule has 4 heteroatoms. The molecule has 0 aliphatic heterocycles. The molecule has 0 saturated heterocycles. The molecule has 1 aromatic carbocycles. The van der Waals surface area contributed by atoms with E-state index in [9.17, 15) is 4.79 Å². The number of rotatable bonds is 1. The molecule has 3 nitrogen and oxygen atoms in total. The monoisotopic (exact) mass is 334 g/mol. The molecule has 0 aliphatic carbocycles. The van der Waals surface area contributed by atoms with Crippen molar-refractivity contribution >= 4 is 28.7 Å². The first-order valence-corrected chi connectivity index (χ1v) is 6.03. The van der Waals surface area contributed by atoms with Crippen molar-refractivity contribution in [3.63, 3.8) is 0 Å². The summed E-state index contributed by atoms with van der Waals surface area (Å²) < 4.78 is 11.2. The number of hydrogen-bond donors (Lipinski definition) is 0. The van der Waals surface area contributed by atoms with Gasteiger partial charge in [0.05, 0.1) is 3.57 Å². The van der Waals surface area contributed by atoms with Crippen molar-refractivity contribution in [3.8, 4) is 5.75 Å². The van der Waals surface area contributed by atoms with Crippen LogP contribution >= 0.6 is 22.6 Å². The Hall–Kier alpha value is -0.780. The Morgan fingerprint density at radius 3 is 2.44 bits per heavy atom. The van der Waals surface area contributed by atoms with Crippen LogP contribution in [0.1, 0.15) is 26.3 Å². The van der Waals surface area contributed by atoms with Crippen LogP contribution in [-0.2, 0) is 4.74 Å². The van der Waals surface area contributed by atoms with Gasteiger partial charge in [0.1, 0.15) is 5.60 Å². The van der Waals surface area contributed by atoms with Gasteiger partial charge in [-0.2, -0.15) is 0 Å². The van der Waals surface area contributed by atoms with Crippen molar-refractivity contribution in [3.05, 3.63) is 27.3 Å². The van der Waals surface area contributed by atoms with Gasteiger partial charge in [0.25, 0.3) is 0 Å². The third kappa shape index (κ3) is 4.00. The summed E-state index contributed by atoms with van der Waals surface area (Å²) >= 11 is 2.12. The third-order valence-electron chi connectivity index (χ3n) is 1.74. The average molecular weight is 334 g/mol. The standard InChI is InChI=1S/C12H15IO3/c1-8-6-5-7-9(13)10(8)15-11(14)16-12(2,3)4/h5-7H,1-4H3. The van der Waals surface area contributed by atoms with E-state index in [1.54, 1.807) is 20.8 Å². The van der Waals surface area contributed by atoms with Gasteiger partial charge >= 0.3 is 6.16 Å². The summed E-state index contributed by atoms with van der Waals surface area (Å²) in [7, 11) is 0. The molecule has 0 aromatic heterocycles. The molecule has 0 bridgehead atoms. The molecule has 0 atom stereocenters. The van der Waals surface area contributed by atoms with E-state index >= 15 is 0 Å². The summed E-state index contributed by atoms with van der Waals surface area (Å²) in [5.41, 5.74) is 0.378. The fourth-order valence-corrected chi connectivity index (χ4v) is 1.84. The summed E-state index contributed by atoms with van der Waals surface area (Å²) in [6, 6.07) is 5.69. The van der Waals surface area contributed by atoms with Crippen molar-refractivity contribution in [2.75, 3.05) is 0 Å². The smallest absolute Gasteiger partial charge is 0.428 e. The Bertz CT molecular complexity index is 373. The summed E-state index contributed by atoms with van der Waals surface area (Å²) in [6.07, 6.45) is -0.667. The van der Waals surface area contributed by atoms with Gasteiger partial charge in [-0.25, -0.2) is 4.79 Å². The number of para-hydroxylation sites is 1. The largest absolute Gasteiger partial charge is 0.514 e. The van der Waals surface area contributed by atoms with Crippen LogP contribution in [0.4, 0.5) is 4.79 Å². The first-order valence-electron chi connectivity index (χ1n) is 4.95. The lowest BCUT2D eigenvalue weighted by molar-refractivity contribution is 0.0203. The second-order valence-corrected chi connectivity index (χ2v) is 5.61. The van der Waals surface area contributed by atoms with Crippen LogP contribution in [0.25, 0.3) is 0 Å². The lowest BCUT2D eigenvalue weighted by atomic mass is 10.2. The second-order valence-electron chi connectivity index (χ2n) is 4.45. The van der Waals surface area contributed by atoms with Crippen LogP contribution < -0.4 is 4.74 Å². The van der Waals surface area contributed by atoms with Crippen LogP contribution in [0.2, 0.25) is 0 Å². The van der Waals surface area contributed by atoms with E-state index in [1.165, 1.54) is 0 Å². The van der Waals surface area contributed by atoms with Gasteiger partial charge in [-0.15, -0.1) is 0 Å². The zero-order chi connectivity index (χ0) is 12.3. The molecule has 0 heterocycles. The molecule has 0 aliphatic rings. The second kappa shape index (κ2) is 5.03. The Kier molecular flexibility index (Phi) is 4.18. The van der Waals surface area contributed by atoms with Crippen molar-refractivity contribution in [1.82, 2.24) is 0 Å².